The Kier molecular flexibility index (Phi) is 3.27. The molecule has 1 heterocycles. The predicted molar refractivity (Wildman–Crippen MR) is 62.9 cm³/mol. The molecule has 5 heteroatoms. The summed E-state index contributed by atoms with van der Waals surface area (Å²) in [5.41, 5.74) is 1.22. The second-order valence-corrected chi connectivity index (χ2v) is 3.82. The van der Waals surface area contributed by atoms with Crippen LogP contribution >= 0.6 is 0 Å². The number of nitrogens with zero attached hydrogens (tertiary/aromatic N) is 2. The van der Waals surface area contributed by atoms with E-state index < -0.39 is 0 Å². The molecule has 0 unspecified atom stereocenters. The van der Waals surface area contributed by atoms with Crippen LogP contribution in [0.5, 0.6) is 0 Å². The number of benzene rings is 1. The average molecular weight is 234 g/mol. The second kappa shape index (κ2) is 4.86. The summed E-state index contributed by atoms with van der Waals surface area (Å²) in [6, 6.07) is 7.19. The van der Waals surface area contributed by atoms with E-state index in [4.69, 9.17) is 9.57 Å². The number of rotatable bonds is 2. The topological polar surface area (TPSA) is 51.1 Å². The smallest absolute Gasteiger partial charge is 0.258 e. The van der Waals surface area contributed by atoms with E-state index in [1.807, 2.05) is 12.1 Å². The van der Waals surface area contributed by atoms with Gasteiger partial charge in [0, 0.05) is 14.1 Å². The van der Waals surface area contributed by atoms with Gasteiger partial charge in [0.1, 0.15) is 6.61 Å². The minimum Gasteiger partial charge on any atom is -0.471 e. The van der Waals surface area contributed by atoms with E-state index in [0.29, 0.717) is 30.2 Å². The summed E-state index contributed by atoms with van der Waals surface area (Å²) in [4.78, 5) is 18.5. The third-order valence-electron chi connectivity index (χ3n) is 2.35. The van der Waals surface area contributed by atoms with Gasteiger partial charge in [0.25, 0.3) is 11.8 Å². The van der Waals surface area contributed by atoms with Crippen molar-refractivity contribution in [3.05, 3.63) is 35.4 Å². The summed E-state index contributed by atoms with van der Waals surface area (Å²) in [7, 11) is 3.41. The first kappa shape index (κ1) is 11.4. The van der Waals surface area contributed by atoms with Gasteiger partial charge < -0.3 is 14.5 Å². The zero-order chi connectivity index (χ0) is 12.3. The maximum atomic E-state index is 12.0. The van der Waals surface area contributed by atoms with Crippen LogP contribution in [0.15, 0.2) is 29.4 Å². The molecule has 5 nitrogen and oxygen atoms in total. The highest BCUT2D eigenvalue weighted by atomic mass is 16.7. The van der Waals surface area contributed by atoms with E-state index in [2.05, 4.69) is 5.16 Å². The largest absolute Gasteiger partial charge is 0.471 e. The third kappa shape index (κ3) is 2.38. The van der Waals surface area contributed by atoms with Gasteiger partial charge in [0.15, 0.2) is 6.61 Å². The lowest BCUT2D eigenvalue weighted by Crippen LogP contribution is -2.26. The maximum absolute atomic E-state index is 12.0. The van der Waals surface area contributed by atoms with Crippen LogP contribution in [0.4, 0.5) is 0 Å². The highest BCUT2D eigenvalue weighted by Gasteiger charge is 2.19. The molecule has 0 fully saturated rings. The molecule has 0 aliphatic carbocycles. The first-order chi connectivity index (χ1) is 8.20. The average Bonchev–Trinajstić information content (AvgIpc) is 2.39. The van der Waals surface area contributed by atoms with Crippen molar-refractivity contribution in [2.24, 2.45) is 5.16 Å². The zero-order valence-electron chi connectivity index (χ0n) is 9.84. The Morgan fingerprint density at radius 3 is 2.71 bits per heavy atom. The standard InChI is InChI=1S/C12H14N2O3/c1-14(2)12(15)10-6-4-3-5-9(10)11-13-17-8-7-16-11/h3-6H,7-8H2,1-2H3. The molecule has 1 aromatic rings. The van der Waals surface area contributed by atoms with Crippen molar-refractivity contribution < 1.29 is 14.4 Å². The molecule has 1 aliphatic heterocycles. The summed E-state index contributed by atoms with van der Waals surface area (Å²) in [6.07, 6.45) is 0. The van der Waals surface area contributed by atoms with Crippen molar-refractivity contribution in [3.8, 4) is 0 Å². The normalized spacial score (nSPS) is 14.4. The molecule has 0 atom stereocenters. The molecule has 0 spiro atoms. The maximum Gasteiger partial charge on any atom is 0.258 e. The lowest BCUT2D eigenvalue weighted by molar-refractivity contribution is 0.0652. The van der Waals surface area contributed by atoms with Gasteiger partial charge in [-0.3, -0.25) is 4.79 Å². The molecule has 0 radical (unpaired) electrons. The van der Waals surface area contributed by atoms with Crippen LogP contribution in [0.2, 0.25) is 0 Å². The van der Waals surface area contributed by atoms with Gasteiger partial charge >= 0.3 is 0 Å². The Morgan fingerprint density at radius 2 is 2.06 bits per heavy atom. The molecule has 1 amide bonds. The number of amides is 1. The Labute approximate surface area is 99.6 Å². The molecule has 0 saturated heterocycles. The van der Waals surface area contributed by atoms with Crippen LogP contribution < -0.4 is 0 Å². The Hall–Kier alpha value is -2.04. The van der Waals surface area contributed by atoms with E-state index in [1.165, 1.54) is 4.90 Å². The van der Waals surface area contributed by atoms with Crippen LogP contribution in [0, 0.1) is 0 Å². The third-order valence-corrected chi connectivity index (χ3v) is 2.35. The molecular formula is C12H14N2O3. The Balaban J connectivity index is 2.40. The quantitative estimate of drug-likeness (QED) is 0.769. The van der Waals surface area contributed by atoms with Crippen LogP contribution in [-0.4, -0.2) is 44.0 Å². The number of oxime groups is 1. The summed E-state index contributed by atoms with van der Waals surface area (Å²) in [5.74, 6) is 0.277. The minimum absolute atomic E-state index is 0.0857. The van der Waals surface area contributed by atoms with Gasteiger partial charge in [-0.1, -0.05) is 12.1 Å². The highest BCUT2D eigenvalue weighted by molar-refractivity contribution is 6.06. The first-order valence-electron chi connectivity index (χ1n) is 5.34. The fourth-order valence-electron chi connectivity index (χ4n) is 1.53. The Morgan fingerprint density at radius 1 is 1.29 bits per heavy atom. The van der Waals surface area contributed by atoms with E-state index >= 15 is 0 Å². The Bertz CT molecular complexity index is 455. The molecular weight excluding hydrogens is 220 g/mol. The first-order valence-corrected chi connectivity index (χ1v) is 5.34. The van der Waals surface area contributed by atoms with Crippen molar-refractivity contribution in [1.29, 1.82) is 0 Å². The van der Waals surface area contributed by atoms with Gasteiger partial charge in [0.2, 0.25) is 0 Å². The van der Waals surface area contributed by atoms with E-state index in [0.717, 1.165) is 0 Å². The van der Waals surface area contributed by atoms with Gasteiger partial charge in [-0.2, -0.15) is 0 Å². The molecule has 1 aliphatic rings. The lowest BCUT2D eigenvalue weighted by Gasteiger charge is -2.17. The number of ether oxygens (including phenoxy) is 1. The van der Waals surface area contributed by atoms with E-state index in [9.17, 15) is 4.79 Å². The minimum atomic E-state index is -0.0857. The van der Waals surface area contributed by atoms with Crippen molar-refractivity contribution >= 4 is 11.8 Å². The SMILES string of the molecule is CN(C)C(=O)c1ccccc1C1=NOCCO1. The van der Waals surface area contributed by atoms with Crippen molar-refractivity contribution in [1.82, 2.24) is 4.90 Å². The van der Waals surface area contributed by atoms with Crippen molar-refractivity contribution in [3.63, 3.8) is 0 Å². The number of hydrogen-bond donors (Lipinski definition) is 0. The van der Waals surface area contributed by atoms with Gasteiger partial charge in [-0.15, -0.1) is 0 Å². The molecule has 0 N–H and O–H groups in total. The van der Waals surface area contributed by atoms with Crippen LogP contribution in [0.1, 0.15) is 15.9 Å². The molecule has 90 valence electrons. The number of carbonyl (C=O) groups excluding carboxylic acids is 1. The van der Waals surface area contributed by atoms with Crippen LogP contribution in [0.3, 0.4) is 0 Å². The van der Waals surface area contributed by atoms with E-state index in [-0.39, 0.29) is 5.91 Å². The second-order valence-electron chi connectivity index (χ2n) is 3.82. The summed E-state index contributed by atoms with van der Waals surface area (Å²) in [5, 5.41) is 3.83. The van der Waals surface area contributed by atoms with Crippen LogP contribution in [-0.2, 0) is 9.57 Å². The lowest BCUT2D eigenvalue weighted by atomic mass is 10.1. The summed E-state index contributed by atoms with van der Waals surface area (Å²) in [6.45, 7) is 0.886. The number of hydrogen-bond acceptors (Lipinski definition) is 4. The fourth-order valence-corrected chi connectivity index (χ4v) is 1.53. The summed E-state index contributed by atoms with van der Waals surface area (Å²) >= 11 is 0. The van der Waals surface area contributed by atoms with Crippen molar-refractivity contribution in [2.75, 3.05) is 27.3 Å². The monoisotopic (exact) mass is 234 g/mol. The molecule has 1 aromatic carbocycles. The fraction of sp³-hybridized carbons (Fsp3) is 0.333. The number of carbonyl (C=O) groups is 1. The van der Waals surface area contributed by atoms with Crippen LogP contribution in [0.25, 0.3) is 0 Å². The molecule has 0 saturated carbocycles. The van der Waals surface area contributed by atoms with E-state index in [1.54, 1.807) is 26.2 Å². The van der Waals surface area contributed by atoms with Gasteiger partial charge in [-0.05, 0) is 17.3 Å². The van der Waals surface area contributed by atoms with Crippen molar-refractivity contribution in [2.45, 2.75) is 0 Å². The predicted octanol–water partition coefficient (Wildman–Crippen LogP) is 1.10. The summed E-state index contributed by atoms with van der Waals surface area (Å²) < 4.78 is 5.39. The van der Waals surface area contributed by atoms with Gasteiger partial charge in [-0.25, -0.2) is 0 Å². The molecule has 0 bridgehead atoms. The highest BCUT2D eigenvalue weighted by Crippen LogP contribution is 2.14. The van der Waals surface area contributed by atoms with Gasteiger partial charge in [0.05, 0.1) is 11.1 Å². The zero-order valence-corrected chi connectivity index (χ0v) is 9.84. The molecule has 0 aromatic heterocycles. The molecule has 17 heavy (non-hydrogen) atoms. The molecule has 2 rings (SSSR count).